The molecule has 5 rings (SSSR count). The minimum absolute atomic E-state index is 0.00880. The number of ether oxygens (including phenoxy) is 1. The van der Waals surface area contributed by atoms with Crippen LogP contribution in [0.3, 0.4) is 0 Å². The molecule has 0 spiro atoms. The summed E-state index contributed by atoms with van der Waals surface area (Å²) >= 11 is 0. The number of piperidine rings is 2. The van der Waals surface area contributed by atoms with Crippen LogP contribution in [-0.2, 0) is 0 Å². The quantitative estimate of drug-likeness (QED) is 0.399. The van der Waals surface area contributed by atoms with Gasteiger partial charge >= 0.3 is 0 Å². The zero-order valence-electron chi connectivity index (χ0n) is 22.2. The number of aromatic nitrogens is 2. The summed E-state index contributed by atoms with van der Waals surface area (Å²) in [5.74, 6) is -0.777. The number of nitrogens with one attached hydrogen (secondary N) is 2. The fraction of sp³-hybridized carbons (Fsp3) is 0.630. The number of nitrogens with zero attached hydrogens (tertiary/aromatic N) is 4. The van der Waals surface area contributed by atoms with Crippen LogP contribution in [0.5, 0.6) is 5.75 Å². The highest BCUT2D eigenvalue weighted by Crippen LogP contribution is 2.35. The lowest BCUT2D eigenvalue weighted by molar-refractivity contribution is -0.0771. The number of hydrogen-bond acceptors (Lipinski definition) is 9. The van der Waals surface area contributed by atoms with Gasteiger partial charge in [-0.25, -0.2) is 8.78 Å². The second-order valence-corrected chi connectivity index (χ2v) is 10.8. The van der Waals surface area contributed by atoms with Crippen molar-refractivity contribution in [1.29, 1.82) is 0 Å². The first-order valence-electron chi connectivity index (χ1n) is 13.8. The Labute approximate surface area is 223 Å². The number of nitrogen functional groups attached to an aromatic ring is 2. The van der Waals surface area contributed by atoms with Gasteiger partial charge in [0.1, 0.15) is 11.4 Å². The summed E-state index contributed by atoms with van der Waals surface area (Å²) in [5.41, 5.74) is 14.4. The summed E-state index contributed by atoms with van der Waals surface area (Å²) in [5, 5.41) is 6.69. The van der Waals surface area contributed by atoms with Crippen molar-refractivity contribution in [2.24, 2.45) is 0 Å². The molecule has 2 saturated heterocycles. The highest BCUT2D eigenvalue weighted by molar-refractivity contribution is 5.76. The summed E-state index contributed by atoms with van der Waals surface area (Å²) in [6.07, 6.45) is 8.14. The molecule has 1 aromatic heterocycles. The zero-order valence-corrected chi connectivity index (χ0v) is 22.2. The topological polar surface area (TPSA) is 118 Å². The second-order valence-electron chi connectivity index (χ2n) is 10.8. The van der Waals surface area contributed by atoms with Gasteiger partial charge in [-0.05, 0) is 50.8 Å². The number of methoxy groups -OCH3 is 1. The lowest BCUT2D eigenvalue weighted by atomic mass is 9.95. The van der Waals surface area contributed by atoms with E-state index in [0.717, 1.165) is 56.7 Å². The van der Waals surface area contributed by atoms with E-state index in [-0.39, 0.29) is 24.8 Å². The van der Waals surface area contributed by atoms with Crippen molar-refractivity contribution in [3.63, 3.8) is 0 Å². The smallest absolute Gasteiger partial charge is 0.260 e. The Morgan fingerprint density at radius 1 is 1.00 bits per heavy atom. The molecule has 2 aliphatic heterocycles. The monoisotopic (exact) mass is 530 g/mol. The molecular weight excluding hydrogens is 490 g/mol. The first-order chi connectivity index (χ1) is 18.3. The largest absolute Gasteiger partial charge is 0.494 e. The molecule has 1 aliphatic carbocycles. The minimum atomic E-state index is -2.56. The van der Waals surface area contributed by atoms with Crippen molar-refractivity contribution in [2.75, 3.05) is 60.3 Å². The van der Waals surface area contributed by atoms with E-state index in [4.69, 9.17) is 16.2 Å². The van der Waals surface area contributed by atoms with Crippen LogP contribution in [0.2, 0.25) is 0 Å². The average molecular weight is 531 g/mol. The molecule has 11 heteroatoms. The van der Waals surface area contributed by atoms with Crippen molar-refractivity contribution in [1.82, 2.24) is 14.9 Å². The zero-order chi connectivity index (χ0) is 26.7. The van der Waals surface area contributed by atoms with Crippen LogP contribution in [0, 0.1) is 0 Å². The molecule has 0 unspecified atom stereocenters. The van der Waals surface area contributed by atoms with Gasteiger partial charge in [-0.3, -0.25) is 4.90 Å². The predicted octanol–water partition coefficient (Wildman–Crippen LogP) is 4.84. The van der Waals surface area contributed by atoms with E-state index in [2.05, 4.69) is 25.5 Å². The van der Waals surface area contributed by atoms with Crippen LogP contribution in [0.15, 0.2) is 18.2 Å². The number of likely N-dealkylation sites (tertiary alicyclic amines) is 1. The number of rotatable bonds is 7. The fourth-order valence-corrected chi connectivity index (χ4v) is 5.99. The van der Waals surface area contributed by atoms with Gasteiger partial charge in [-0.1, -0.05) is 19.3 Å². The van der Waals surface area contributed by atoms with Gasteiger partial charge in [0, 0.05) is 43.3 Å². The van der Waals surface area contributed by atoms with Crippen LogP contribution in [0.1, 0.15) is 57.8 Å². The summed E-state index contributed by atoms with van der Waals surface area (Å²) < 4.78 is 33.5. The van der Waals surface area contributed by atoms with E-state index in [1.807, 2.05) is 23.1 Å². The molecule has 208 valence electrons. The van der Waals surface area contributed by atoms with E-state index in [1.54, 1.807) is 7.11 Å². The van der Waals surface area contributed by atoms with E-state index in [1.165, 1.54) is 19.3 Å². The minimum Gasteiger partial charge on any atom is -0.494 e. The lowest BCUT2D eigenvalue weighted by Crippen LogP contribution is -2.51. The molecule has 9 nitrogen and oxygen atoms in total. The average Bonchev–Trinajstić information content (AvgIpc) is 2.92. The van der Waals surface area contributed by atoms with Gasteiger partial charge in [0.05, 0.1) is 19.3 Å². The standard InChI is InChI=1S/C27H40F2N8O/c1-38-22-16-20(36-14-10-19(11-15-36)37-13-5-12-27(28,29)17-37)8-9-21(22)33-26-34-24(31)23(30)25(35-26)32-18-6-3-2-4-7-18/h8-9,16,18-19H,2-7,10-15,17,30H2,1H3,(H4,31,32,33,34,35). The SMILES string of the molecule is COc1cc(N2CCC(N3CCCC(F)(F)C3)CC2)ccc1Nc1nc(N)c(N)c(NC2CCCCC2)n1. The molecule has 1 aromatic carbocycles. The maximum Gasteiger partial charge on any atom is 0.260 e. The molecule has 1 saturated carbocycles. The highest BCUT2D eigenvalue weighted by Gasteiger charge is 2.38. The van der Waals surface area contributed by atoms with Crippen molar-refractivity contribution in [3.8, 4) is 5.75 Å². The van der Waals surface area contributed by atoms with Gasteiger partial charge in [-0.2, -0.15) is 9.97 Å². The van der Waals surface area contributed by atoms with Gasteiger partial charge < -0.3 is 31.7 Å². The number of anilines is 6. The molecule has 0 bridgehead atoms. The lowest BCUT2D eigenvalue weighted by Gasteiger charge is -2.42. The third-order valence-electron chi connectivity index (χ3n) is 8.12. The highest BCUT2D eigenvalue weighted by atomic mass is 19.3. The third kappa shape index (κ3) is 6.14. The molecule has 0 amide bonds. The number of halogens is 2. The maximum absolute atomic E-state index is 13.9. The number of hydrogen-bond donors (Lipinski definition) is 4. The Morgan fingerprint density at radius 3 is 2.47 bits per heavy atom. The Morgan fingerprint density at radius 2 is 1.76 bits per heavy atom. The van der Waals surface area contributed by atoms with Gasteiger partial charge in [0.2, 0.25) is 5.95 Å². The molecular formula is C27H40F2N8O. The van der Waals surface area contributed by atoms with E-state index < -0.39 is 5.92 Å². The van der Waals surface area contributed by atoms with Crippen molar-refractivity contribution in [3.05, 3.63) is 18.2 Å². The van der Waals surface area contributed by atoms with Crippen molar-refractivity contribution in [2.45, 2.75) is 75.8 Å². The predicted molar refractivity (Wildman–Crippen MR) is 149 cm³/mol. The fourth-order valence-electron chi connectivity index (χ4n) is 5.99. The van der Waals surface area contributed by atoms with Crippen LogP contribution in [0.4, 0.5) is 43.4 Å². The van der Waals surface area contributed by atoms with Gasteiger partial charge in [-0.15, -0.1) is 0 Å². The molecule has 3 aliphatic rings. The summed E-state index contributed by atoms with van der Waals surface area (Å²) in [6, 6.07) is 6.50. The third-order valence-corrected chi connectivity index (χ3v) is 8.12. The van der Waals surface area contributed by atoms with Crippen LogP contribution in [0.25, 0.3) is 0 Å². The molecule has 2 aromatic rings. The molecule has 0 radical (unpaired) electrons. The Bertz CT molecular complexity index is 1100. The number of nitrogens with two attached hydrogens (primary N) is 2. The second kappa shape index (κ2) is 11.3. The van der Waals surface area contributed by atoms with Gasteiger partial charge in [0.25, 0.3) is 5.92 Å². The van der Waals surface area contributed by atoms with Crippen LogP contribution in [-0.4, -0.2) is 66.2 Å². The Hall–Kier alpha value is -3.08. The molecule has 0 atom stereocenters. The molecule has 38 heavy (non-hydrogen) atoms. The summed E-state index contributed by atoms with van der Waals surface area (Å²) in [6.45, 7) is 2.29. The molecule has 6 N–H and O–H groups in total. The van der Waals surface area contributed by atoms with E-state index in [0.29, 0.717) is 35.7 Å². The first-order valence-corrected chi connectivity index (χ1v) is 13.8. The van der Waals surface area contributed by atoms with Crippen LogP contribution >= 0.6 is 0 Å². The van der Waals surface area contributed by atoms with E-state index >= 15 is 0 Å². The molecule has 3 fully saturated rings. The Kier molecular flexibility index (Phi) is 7.92. The first kappa shape index (κ1) is 26.5. The summed E-state index contributed by atoms with van der Waals surface area (Å²) in [4.78, 5) is 13.2. The van der Waals surface area contributed by atoms with Crippen molar-refractivity contribution < 1.29 is 13.5 Å². The van der Waals surface area contributed by atoms with Gasteiger partial charge in [0.15, 0.2) is 11.6 Å². The van der Waals surface area contributed by atoms with Crippen LogP contribution < -0.4 is 31.7 Å². The Balaban J connectivity index is 1.24. The summed E-state index contributed by atoms with van der Waals surface area (Å²) in [7, 11) is 1.63. The molecule has 3 heterocycles. The van der Waals surface area contributed by atoms with E-state index in [9.17, 15) is 8.78 Å². The normalized spacial score (nSPS) is 21.3. The maximum atomic E-state index is 13.9. The van der Waals surface area contributed by atoms with Crippen molar-refractivity contribution >= 4 is 34.6 Å². The number of alkyl halides is 2. The number of benzene rings is 1.